The van der Waals surface area contributed by atoms with E-state index < -0.39 is 9.05 Å². The minimum atomic E-state index is -3.59. The van der Waals surface area contributed by atoms with E-state index in [0.29, 0.717) is 5.69 Å². The van der Waals surface area contributed by atoms with Crippen LogP contribution < -0.4 is 0 Å². The van der Waals surface area contributed by atoms with Crippen molar-refractivity contribution in [3.8, 4) is 0 Å². The fourth-order valence-corrected chi connectivity index (χ4v) is 2.55. The summed E-state index contributed by atoms with van der Waals surface area (Å²) in [6.45, 7) is 3.72. The number of hydrogen-bond donors (Lipinski definition) is 0. The van der Waals surface area contributed by atoms with E-state index in [1.807, 2.05) is 18.5 Å². The van der Waals surface area contributed by atoms with E-state index in [1.54, 1.807) is 13.0 Å². The van der Waals surface area contributed by atoms with Crippen LogP contribution in [0.25, 0.3) is 0 Å². The van der Waals surface area contributed by atoms with Gasteiger partial charge in [-0.2, -0.15) is 0 Å². The fourth-order valence-electron chi connectivity index (χ4n) is 1.32. The molecular formula is C8H12ClNO2S. The van der Waals surface area contributed by atoms with Crippen molar-refractivity contribution in [2.24, 2.45) is 7.05 Å². The van der Waals surface area contributed by atoms with Crippen molar-refractivity contribution in [3.63, 3.8) is 0 Å². The number of aryl methyl sites for hydroxylation is 1. The molecule has 0 unspecified atom stereocenters. The lowest BCUT2D eigenvalue weighted by molar-refractivity contribution is 0.608. The maximum atomic E-state index is 11.1. The molecule has 1 aromatic heterocycles. The molecule has 3 nitrogen and oxygen atoms in total. The second kappa shape index (κ2) is 3.35. The van der Waals surface area contributed by atoms with Gasteiger partial charge in [-0.05, 0) is 19.4 Å². The second-order valence-corrected chi connectivity index (χ2v) is 5.47. The summed E-state index contributed by atoms with van der Waals surface area (Å²) in [5.41, 5.74) is 1.66. The Morgan fingerprint density at radius 1 is 1.54 bits per heavy atom. The first-order valence-corrected chi connectivity index (χ1v) is 6.28. The molecule has 0 saturated heterocycles. The zero-order valence-corrected chi connectivity index (χ0v) is 9.41. The average Bonchev–Trinajstić information content (AvgIpc) is 2.28. The predicted octanol–water partition coefficient (Wildman–Crippen LogP) is 1.82. The molecule has 74 valence electrons. The van der Waals surface area contributed by atoms with Crippen LogP contribution in [0.4, 0.5) is 0 Å². The maximum Gasteiger partial charge on any atom is 0.263 e. The van der Waals surface area contributed by atoms with Crippen molar-refractivity contribution < 1.29 is 8.42 Å². The lowest BCUT2D eigenvalue weighted by atomic mass is 10.3. The van der Waals surface area contributed by atoms with Crippen LogP contribution in [0.3, 0.4) is 0 Å². The quantitative estimate of drug-likeness (QED) is 0.715. The largest absolute Gasteiger partial charge is 0.351 e. The smallest absolute Gasteiger partial charge is 0.263 e. The van der Waals surface area contributed by atoms with Crippen LogP contribution in [-0.2, 0) is 22.5 Å². The van der Waals surface area contributed by atoms with Crippen molar-refractivity contribution >= 4 is 19.7 Å². The average molecular weight is 222 g/mol. The lowest BCUT2D eigenvalue weighted by Crippen LogP contribution is -1.97. The Kier molecular flexibility index (Phi) is 2.73. The van der Waals surface area contributed by atoms with Gasteiger partial charge in [0.15, 0.2) is 0 Å². The molecule has 0 radical (unpaired) electrons. The molecule has 0 amide bonds. The standard InChI is InChI=1S/C8H12ClNO2S/c1-4-7-5-8(13(9,11)12)6(2)10(7)3/h5H,4H2,1-3H3. The van der Waals surface area contributed by atoms with Gasteiger partial charge in [0.2, 0.25) is 0 Å². The van der Waals surface area contributed by atoms with Crippen LogP contribution in [-0.4, -0.2) is 13.0 Å². The molecule has 0 spiro atoms. The summed E-state index contributed by atoms with van der Waals surface area (Å²) in [7, 11) is 3.50. The third kappa shape index (κ3) is 1.89. The van der Waals surface area contributed by atoms with Gasteiger partial charge in [0.05, 0.1) is 0 Å². The Morgan fingerprint density at radius 2 is 2.08 bits per heavy atom. The molecule has 0 atom stereocenters. The highest BCUT2D eigenvalue weighted by Gasteiger charge is 2.18. The van der Waals surface area contributed by atoms with E-state index in [9.17, 15) is 8.42 Å². The first kappa shape index (κ1) is 10.6. The topological polar surface area (TPSA) is 39.1 Å². The molecule has 0 bridgehead atoms. The van der Waals surface area contributed by atoms with Crippen LogP contribution in [0.5, 0.6) is 0 Å². The highest BCUT2D eigenvalue weighted by molar-refractivity contribution is 8.13. The molecule has 0 aliphatic carbocycles. The van der Waals surface area contributed by atoms with Gasteiger partial charge in [-0.3, -0.25) is 0 Å². The van der Waals surface area contributed by atoms with Crippen LogP contribution in [0, 0.1) is 6.92 Å². The van der Waals surface area contributed by atoms with Gasteiger partial charge in [0, 0.05) is 29.1 Å². The highest BCUT2D eigenvalue weighted by atomic mass is 35.7. The Hall–Kier alpha value is -0.480. The van der Waals surface area contributed by atoms with Gasteiger partial charge in [-0.15, -0.1) is 0 Å². The zero-order valence-electron chi connectivity index (χ0n) is 7.83. The third-order valence-electron chi connectivity index (χ3n) is 2.21. The number of hydrogen-bond acceptors (Lipinski definition) is 2. The Labute approximate surface area is 82.7 Å². The lowest BCUT2D eigenvalue weighted by Gasteiger charge is -2.00. The molecular weight excluding hydrogens is 210 g/mol. The van der Waals surface area contributed by atoms with Crippen molar-refractivity contribution in [1.82, 2.24) is 4.57 Å². The van der Waals surface area contributed by atoms with Crippen molar-refractivity contribution in [3.05, 3.63) is 17.5 Å². The van der Waals surface area contributed by atoms with Gasteiger partial charge in [-0.1, -0.05) is 6.92 Å². The SMILES string of the molecule is CCc1cc(S(=O)(=O)Cl)c(C)n1C. The monoisotopic (exact) mass is 221 g/mol. The molecule has 1 aromatic rings. The number of nitrogens with zero attached hydrogens (tertiary/aromatic N) is 1. The Balaban J connectivity index is 3.43. The zero-order chi connectivity index (χ0) is 10.2. The summed E-state index contributed by atoms with van der Waals surface area (Å²) in [6.07, 6.45) is 0.795. The molecule has 1 rings (SSSR count). The Morgan fingerprint density at radius 3 is 2.31 bits per heavy atom. The van der Waals surface area contributed by atoms with E-state index in [0.717, 1.165) is 12.1 Å². The van der Waals surface area contributed by atoms with E-state index in [4.69, 9.17) is 10.7 Å². The van der Waals surface area contributed by atoms with Crippen LogP contribution in [0.2, 0.25) is 0 Å². The van der Waals surface area contributed by atoms with Gasteiger partial charge in [0.1, 0.15) is 4.90 Å². The predicted molar refractivity (Wildman–Crippen MR) is 52.6 cm³/mol. The normalized spacial score (nSPS) is 12.0. The van der Waals surface area contributed by atoms with Crippen LogP contribution in [0.1, 0.15) is 18.3 Å². The minimum Gasteiger partial charge on any atom is -0.351 e. The molecule has 0 aliphatic rings. The van der Waals surface area contributed by atoms with Gasteiger partial charge in [0.25, 0.3) is 9.05 Å². The Bertz CT molecular complexity index is 420. The molecule has 0 aliphatic heterocycles. The minimum absolute atomic E-state index is 0.216. The summed E-state index contributed by atoms with van der Waals surface area (Å²) >= 11 is 0. The van der Waals surface area contributed by atoms with E-state index in [-0.39, 0.29) is 4.90 Å². The van der Waals surface area contributed by atoms with Crippen LogP contribution >= 0.6 is 10.7 Å². The molecule has 0 saturated carbocycles. The first-order chi connectivity index (χ1) is 5.88. The van der Waals surface area contributed by atoms with Crippen molar-refractivity contribution in [2.45, 2.75) is 25.2 Å². The maximum absolute atomic E-state index is 11.1. The van der Waals surface area contributed by atoms with E-state index >= 15 is 0 Å². The summed E-state index contributed by atoms with van der Waals surface area (Å²) in [4.78, 5) is 0.216. The summed E-state index contributed by atoms with van der Waals surface area (Å²) in [6, 6.07) is 1.62. The molecule has 0 aromatic carbocycles. The molecule has 5 heteroatoms. The summed E-state index contributed by atoms with van der Waals surface area (Å²) < 4.78 is 24.0. The van der Waals surface area contributed by atoms with Gasteiger partial charge < -0.3 is 4.57 Å². The van der Waals surface area contributed by atoms with E-state index in [1.165, 1.54) is 0 Å². The number of aromatic nitrogens is 1. The molecule has 1 heterocycles. The van der Waals surface area contributed by atoms with Gasteiger partial charge in [-0.25, -0.2) is 8.42 Å². The summed E-state index contributed by atoms with van der Waals surface area (Å²) in [5.74, 6) is 0. The fraction of sp³-hybridized carbons (Fsp3) is 0.500. The van der Waals surface area contributed by atoms with Crippen molar-refractivity contribution in [2.75, 3.05) is 0 Å². The second-order valence-electron chi connectivity index (χ2n) is 2.94. The number of rotatable bonds is 2. The van der Waals surface area contributed by atoms with Crippen LogP contribution in [0.15, 0.2) is 11.0 Å². The molecule has 0 N–H and O–H groups in total. The van der Waals surface area contributed by atoms with Gasteiger partial charge >= 0.3 is 0 Å². The van der Waals surface area contributed by atoms with Crippen molar-refractivity contribution in [1.29, 1.82) is 0 Å². The highest BCUT2D eigenvalue weighted by Crippen LogP contribution is 2.22. The number of halogens is 1. The summed E-state index contributed by atoms with van der Waals surface area (Å²) in [5, 5.41) is 0. The van der Waals surface area contributed by atoms with E-state index in [2.05, 4.69) is 0 Å². The molecule has 13 heavy (non-hydrogen) atoms. The third-order valence-corrected chi connectivity index (χ3v) is 3.65. The first-order valence-electron chi connectivity index (χ1n) is 3.97. The molecule has 0 fully saturated rings.